The van der Waals surface area contributed by atoms with Gasteiger partial charge in [-0.05, 0) is 25.1 Å². The highest BCUT2D eigenvalue weighted by molar-refractivity contribution is 5.97. The number of aliphatic hydroxyl groups excluding tert-OH is 1. The van der Waals surface area contributed by atoms with E-state index in [1.54, 1.807) is 43.1 Å². The molecular formula is C27H33N3O6. The number of benzene rings is 1. The molecule has 1 aromatic heterocycles. The maximum Gasteiger partial charge on any atom is 0.259 e. The predicted octanol–water partition coefficient (Wildman–Crippen LogP) is 1.81. The van der Waals surface area contributed by atoms with Gasteiger partial charge in [-0.3, -0.25) is 9.59 Å². The zero-order chi connectivity index (χ0) is 26.2. The van der Waals surface area contributed by atoms with Gasteiger partial charge in [0.15, 0.2) is 0 Å². The van der Waals surface area contributed by atoms with Crippen LogP contribution in [-0.4, -0.2) is 91.4 Å². The van der Waals surface area contributed by atoms with E-state index in [0.717, 1.165) is 0 Å². The summed E-state index contributed by atoms with van der Waals surface area (Å²) in [6.45, 7) is 4.14. The SMILES string of the molecule is COCC(=O)N(C)C[C@H]1Oc2ncc(C#Cc3ccccc3OC)cc2C(=O)N([C@H](C)CO)C[C@@H]1C. The molecule has 9 nitrogen and oxygen atoms in total. The first-order chi connectivity index (χ1) is 17.3. The first-order valence-corrected chi connectivity index (χ1v) is 11.8. The lowest BCUT2D eigenvalue weighted by Gasteiger charge is -2.37. The standard InChI is InChI=1S/C27H33N3O6/c1-18-14-30(19(2)16-31)27(33)22-12-20(10-11-21-8-6-7-9-23(21)35-5)13-28-26(22)36-24(18)15-29(3)25(32)17-34-4/h6-9,12-13,18-19,24,31H,14-17H2,1-5H3/t18-,19+,24+/m0/s1. The van der Waals surface area contributed by atoms with Gasteiger partial charge in [0.25, 0.3) is 5.91 Å². The Bertz CT molecular complexity index is 1140. The Kier molecular flexibility index (Phi) is 9.28. The van der Waals surface area contributed by atoms with Crippen molar-refractivity contribution in [3.05, 3.63) is 53.2 Å². The Balaban J connectivity index is 1.98. The van der Waals surface area contributed by atoms with Crippen molar-refractivity contribution in [2.75, 3.05) is 47.6 Å². The fraction of sp³-hybridized carbons (Fsp3) is 0.444. The number of hydrogen-bond donors (Lipinski definition) is 1. The van der Waals surface area contributed by atoms with Crippen LogP contribution in [0.25, 0.3) is 0 Å². The number of fused-ring (bicyclic) bond motifs is 1. The second-order valence-corrected chi connectivity index (χ2v) is 8.86. The van der Waals surface area contributed by atoms with Crippen molar-refractivity contribution in [2.24, 2.45) is 5.92 Å². The number of methoxy groups -OCH3 is 2. The summed E-state index contributed by atoms with van der Waals surface area (Å²) in [6, 6.07) is 8.64. The highest BCUT2D eigenvalue weighted by Crippen LogP contribution is 2.27. The second-order valence-electron chi connectivity index (χ2n) is 8.86. The van der Waals surface area contributed by atoms with Crippen LogP contribution in [0.5, 0.6) is 11.6 Å². The molecule has 192 valence electrons. The lowest BCUT2D eigenvalue weighted by atomic mass is 10.00. The van der Waals surface area contributed by atoms with Crippen LogP contribution in [0.3, 0.4) is 0 Å². The van der Waals surface area contributed by atoms with E-state index in [4.69, 9.17) is 14.2 Å². The molecule has 1 aromatic carbocycles. The molecule has 2 aromatic rings. The lowest BCUT2D eigenvalue weighted by Crippen LogP contribution is -2.50. The topological polar surface area (TPSA) is 101 Å². The number of para-hydroxylation sites is 1. The first kappa shape index (κ1) is 27.0. The summed E-state index contributed by atoms with van der Waals surface area (Å²) in [5, 5.41) is 9.82. The Hall–Kier alpha value is -3.61. The average Bonchev–Trinajstić information content (AvgIpc) is 2.89. The van der Waals surface area contributed by atoms with E-state index in [9.17, 15) is 14.7 Å². The van der Waals surface area contributed by atoms with E-state index in [1.165, 1.54) is 7.11 Å². The van der Waals surface area contributed by atoms with Crippen molar-refractivity contribution in [1.82, 2.24) is 14.8 Å². The molecule has 3 rings (SSSR count). The Morgan fingerprint density at radius 1 is 1.33 bits per heavy atom. The minimum Gasteiger partial charge on any atom is -0.495 e. The van der Waals surface area contributed by atoms with Gasteiger partial charge in [-0.1, -0.05) is 30.9 Å². The third-order valence-corrected chi connectivity index (χ3v) is 6.12. The molecule has 0 unspecified atom stereocenters. The summed E-state index contributed by atoms with van der Waals surface area (Å²) in [4.78, 5) is 33.4. The number of hydrogen-bond acceptors (Lipinski definition) is 7. The second kappa shape index (κ2) is 12.4. The van der Waals surface area contributed by atoms with Gasteiger partial charge in [-0.15, -0.1) is 0 Å². The first-order valence-electron chi connectivity index (χ1n) is 11.8. The largest absolute Gasteiger partial charge is 0.495 e. The van der Waals surface area contributed by atoms with Crippen molar-refractivity contribution in [1.29, 1.82) is 0 Å². The maximum atomic E-state index is 13.5. The van der Waals surface area contributed by atoms with Gasteiger partial charge in [-0.25, -0.2) is 4.98 Å². The summed E-state index contributed by atoms with van der Waals surface area (Å²) in [5.74, 6) is 6.31. The highest BCUT2D eigenvalue weighted by atomic mass is 16.5. The van der Waals surface area contributed by atoms with Gasteiger partial charge in [0, 0.05) is 38.4 Å². The number of carbonyl (C=O) groups excluding carboxylic acids is 2. The molecule has 1 N–H and O–H groups in total. The van der Waals surface area contributed by atoms with Gasteiger partial charge >= 0.3 is 0 Å². The molecule has 1 aliphatic rings. The minimum absolute atomic E-state index is 0.0349. The molecule has 2 heterocycles. The fourth-order valence-electron chi connectivity index (χ4n) is 3.88. The predicted molar refractivity (Wildman–Crippen MR) is 134 cm³/mol. The van der Waals surface area contributed by atoms with Gasteiger partial charge in [0.2, 0.25) is 11.8 Å². The van der Waals surface area contributed by atoms with Gasteiger partial charge < -0.3 is 29.1 Å². The van der Waals surface area contributed by atoms with Crippen molar-refractivity contribution in [3.63, 3.8) is 0 Å². The Morgan fingerprint density at radius 2 is 2.08 bits per heavy atom. The molecule has 0 saturated carbocycles. The molecule has 9 heteroatoms. The summed E-state index contributed by atoms with van der Waals surface area (Å²) < 4.78 is 16.5. The van der Waals surface area contributed by atoms with Crippen LogP contribution in [0.4, 0.5) is 0 Å². The van der Waals surface area contributed by atoms with Crippen LogP contribution < -0.4 is 9.47 Å². The molecule has 0 spiro atoms. The van der Waals surface area contributed by atoms with Crippen molar-refractivity contribution >= 4 is 11.8 Å². The molecule has 0 aliphatic carbocycles. The number of likely N-dealkylation sites (N-methyl/N-ethyl adjacent to an activating group) is 1. The summed E-state index contributed by atoms with van der Waals surface area (Å²) in [6.07, 6.45) is 1.12. The maximum absolute atomic E-state index is 13.5. The van der Waals surface area contributed by atoms with Gasteiger partial charge in [0.05, 0.1) is 31.9 Å². The van der Waals surface area contributed by atoms with Crippen LogP contribution in [0.2, 0.25) is 0 Å². The summed E-state index contributed by atoms with van der Waals surface area (Å²) >= 11 is 0. The Labute approximate surface area is 212 Å². The van der Waals surface area contributed by atoms with Crippen LogP contribution >= 0.6 is 0 Å². The van der Waals surface area contributed by atoms with E-state index in [2.05, 4.69) is 16.8 Å². The molecule has 1 aliphatic heterocycles. The zero-order valence-electron chi connectivity index (χ0n) is 21.4. The van der Waals surface area contributed by atoms with Crippen molar-refractivity contribution < 1.29 is 28.9 Å². The van der Waals surface area contributed by atoms with E-state index in [-0.39, 0.29) is 48.9 Å². The van der Waals surface area contributed by atoms with Crippen LogP contribution in [-0.2, 0) is 9.53 Å². The van der Waals surface area contributed by atoms with Crippen molar-refractivity contribution in [3.8, 4) is 23.5 Å². The number of aromatic nitrogens is 1. The number of aliphatic hydroxyl groups is 1. The molecule has 0 bridgehead atoms. The third-order valence-electron chi connectivity index (χ3n) is 6.12. The Morgan fingerprint density at radius 3 is 2.78 bits per heavy atom. The number of nitrogens with zero attached hydrogens (tertiary/aromatic N) is 3. The molecule has 3 atom stereocenters. The number of carbonyl (C=O) groups is 2. The van der Waals surface area contributed by atoms with E-state index >= 15 is 0 Å². The number of pyridine rings is 1. The van der Waals surface area contributed by atoms with E-state index < -0.39 is 12.1 Å². The monoisotopic (exact) mass is 495 g/mol. The van der Waals surface area contributed by atoms with E-state index in [0.29, 0.717) is 23.4 Å². The normalized spacial score (nSPS) is 18.1. The van der Waals surface area contributed by atoms with Crippen LogP contribution in [0, 0.1) is 17.8 Å². The third kappa shape index (κ3) is 6.33. The molecule has 36 heavy (non-hydrogen) atoms. The lowest BCUT2D eigenvalue weighted by molar-refractivity contribution is -0.135. The fourth-order valence-corrected chi connectivity index (χ4v) is 3.88. The van der Waals surface area contributed by atoms with Crippen LogP contribution in [0.15, 0.2) is 36.5 Å². The molecule has 2 amide bonds. The molecule has 0 radical (unpaired) electrons. The zero-order valence-corrected chi connectivity index (χ0v) is 21.4. The van der Waals surface area contributed by atoms with Gasteiger partial charge in [-0.2, -0.15) is 0 Å². The van der Waals surface area contributed by atoms with E-state index in [1.807, 2.05) is 31.2 Å². The van der Waals surface area contributed by atoms with Crippen molar-refractivity contribution in [2.45, 2.75) is 26.0 Å². The molecule has 0 fully saturated rings. The average molecular weight is 496 g/mol. The minimum atomic E-state index is -0.436. The number of rotatable bonds is 7. The number of amides is 2. The quantitative estimate of drug-likeness (QED) is 0.585. The highest BCUT2D eigenvalue weighted by Gasteiger charge is 2.34. The molecule has 0 saturated heterocycles. The van der Waals surface area contributed by atoms with Crippen LogP contribution in [0.1, 0.15) is 35.3 Å². The molecular weight excluding hydrogens is 462 g/mol. The smallest absolute Gasteiger partial charge is 0.259 e. The summed E-state index contributed by atoms with van der Waals surface area (Å²) in [7, 11) is 4.73. The summed E-state index contributed by atoms with van der Waals surface area (Å²) in [5.41, 5.74) is 1.50. The van der Waals surface area contributed by atoms with Gasteiger partial charge in [0.1, 0.15) is 24.0 Å². The number of ether oxygens (including phenoxy) is 3.